The van der Waals surface area contributed by atoms with Crippen LogP contribution in [0.15, 0.2) is 48.5 Å². The Morgan fingerprint density at radius 2 is 1.97 bits per heavy atom. The zero-order valence-corrected chi connectivity index (χ0v) is 18.8. The molecule has 1 atom stereocenters. The summed E-state index contributed by atoms with van der Waals surface area (Å²) >= 11 is 0. The lowest BCUT2D eigenvalue weighted by molar-refractivity contribution is -0.167. The minimum Gasteiger partial charge on any atom is -0.383 e. The van der Waals surface area contributed by atoms with Crippen molar-refractivity contribution >= 4 is 32.7 Å². The van der Waals surface area contributed by atoms with Gasteiger partial charge in [0.05, 0.1) is 11.9 Å². The first-order valence-electron chi connectivity index (χ1n) is 10.8. The molecule has 1 saturated carbocycles. The topological polar surface area (TPSA) is 93.1 Å². The number of halogens is 3. The van der Waals surface area contributed by atoms with Gasteiger partial charge in [0.2, 0.25) is 10.0 Å². The molecule has 11 heteroatoms. The summed E-state index contributed by atoms with van der Waals surface area (Å²) < 4.78 is 64.2. The van der Waals surface area contributed by atoms with Crippen LogP contribution in [-0.4, -0.2) is 40.2 Å². The van der Waals surface area contributed by atoms with Crippen molar-refractivity contribution in [3.05, 3.63) is 48.5 Å². The highest BCUT2D eigenvalue weighted by molar-refractivity contribution is 7.91. The van der Waals surface area contributed by atoms with E-state index in [1.54, 1.807) is 24.4 Å². The summed E-state index contributed by atoms with van der Waals surface area (Å²) in [6, 6.07) is 3.09. The van der Waals surface area contributed by atoms with Crippen LogP contribution in [0, 0.1) is 0 Å². The molecule has 0 aromatic carbocycles. The lowest BCUT2D eigenvalue weighted by atomic mass is 9.94. The fourth-order valence-electron chi connectivity index (χ4n) is 4.18. The van der Waals surface area contributed by atoms with E-state index < -0.39 is 26.9 Å². The first-order chi connectivity index (χ1) is 15.5. The van der Waals surface area contributed by atoms with E-state index in [0.717, 1.165) is 28.7 Å². The largest absolute Gasteiger partial charge is 0.471 e. The standard InChI is InChI=1S/C22H25F3N4O3S/c1-21(10-7-17(8-11-21)27-16-5-3-2-4-6-16)33(31,32)29-12-9-15-13-18(14-26-19(15)29)28-20(30)22(23,24)25/h7-10,12-14,16,27H,2-6,11H2,1H3,(H,28,30). The van der Waals surface area contributed by atoms with E-state index >= 15 is 0 Å². The molecule has 0 bridgehead atoms. The molecule has 2 N–H and O–H groups in total. The number of nitrogens with one attached hydrogen (secondary N) is 2. The van der Waals surface area contributed by atoms with Gasteiger partial charge in [0.25, 0.3) is 0 Å². The quantitative estimate of drug-likeness (QED) is 0.665. The van der Waals surface area contributed by atoms with E-state index in [2.05, 4.69) is 10.3 Å². The monoisotopic (exact) mass is 482 g/mol. The average Bonchev–Trinajstić information content (AvgIpc) is 3.19. The maximum absolute atomic E-state index is 13.5. The van der Waals surface area contributed by atoms with Crippen LogP contribution < -0.4 is 10.6 Å². The Balaban J connectivity index is 1.54. The molecule has 0 saturated heterocycles. The van der Waals surface area contributed by atoms with Gasteiger partial charge in [-0.3, -0.25) is 4.79 Å². The Morgan fingerprint density at radius 1 is 1.24 bits per heavy atom. The molecule has 7 nitrogen and oxygen atoms in total. The normalized spacial score (nSPS) is 22.2. The van der Waals surface area contributed by atoms with Gasteiger partial charge in [0.1, 0.15) is 4.75 Å². The Hall–Kier alpha value is -2.82. The molecule has 2 aromatic rings. The maximum atomic E-state index is 13.5. The molecule has 2 aliphatic rings. The first-order valence-corrected chi connectivity index (χ1v) is 12.2. The van der Waals surface area contributed by atoms with Gasteiger partial charge in [-0.1, -0.05) is 31.4 Å². The number of hydrogen-bond acceptors (Lipinski definition) is 5. The second-order valence-corrected chi connectivity index (χ2v) is 11.0. The van der Waals surface area contributed by atoms with Gasteiger partial charge < -0.3 is 10.6 Å². The molecule has 178 valence electrons. The SMILES string of the molecule is CC1(S(=O)(=O)n2ccc3cc(NC(=O)C(F)(F)F)cnc32)C=CC(NC2CCCCC2)=CC1. The Bertz CT molecular complexity index is 1230. The molecule has 1 unspecified atom stereocenters. The fourth-order valence-corrected chi connectivity index (χ4v) is 5.77. The van der Waals surface area contributed by atoms with Gasteiger partial charge in [-0.15, -0.1) is 0 Å². The van der Waals surface area contributed by atoms with Gasteiger partial charge in [0.15, 0.2) is 5.65 Å². The second-order valence-electron chi connectivity index (χ2n) is 8.69. The number of hydrogen-bond donors (Lipinski definition) is 2. The number of aromatic nitrogens is 2. The molecular weight excluding hydrogens is 457 g/mol. The van der Waals surface area contributed by atoms with Crippen molar-refractivity contribution in [1.29, 1.82) is 0 Å². The summed E-state index contributed by atoms with van der Waals surface area (Å²) in [5.74, 6) is -2.13. The van der Waals surface area contributed by atoms with Crippen LogP contribution in [0.5, 0.6) is 0 Å². The van der Waals surface area contributed by atoms with Gasteiger partial charge >= 0.3 is 12.1 Å². The summed E-state index contributed by atoms with van der Waals surface area (Å²) in [5, 5.41) is 5.50. The van der Waals surface area contributed by atoms with E-state index in [0.29, 0.717) is 6.04 Å². The van der Waals surface area contributed by atoms with Crippen molar-refractivity contribution in [3.8, 4) is 0 Å². The van der Waals surface area contributed by atoms with Crippen molar-refractivity contribution in [1.82, 2.24) is 14.3 Å². The molecule has 33 heavy (non-hydrogen) atoms. The van der Waals surface area contributed by atoms with Crippen molar-refractivity contribution in [2.24, 2.45) is 0 Å². The fraction of sp³-hybridized carbons (Fsp3) is 0.455. The van der Waals surface area contributed by atoms with Crippen LogP contribution in [0.25, 0.3) is 11.0 Å². The van der Waals surface area contributed by atoms with E-state index in [1.165, 1.54) is 37.6 Å². The van der Waals surface area contributed by atoms with E-state index in [1.807, 2.05) is 6.08 Å². The summed E-state index contributed by atoms with van der Waals surface area (Å²) in [7, 11) is -3.93. The number of fused-ring (bicyclic) bond motifs is 1. The van der Waals surface area contributed by atoms with Crippen LogP contribution in [0.2, 0.25) is 0 Å². The number of anilines is 1. The van der Waals surface area contributed by atoms with E-state index in [-0.39, 0.29) is 23.1 Å². The molecule has 0 aliphatic heterocycles. The third-order valence-corrected chi connectivity index (χ3v) is 8.47. The van der Waals surface area contributed by atoms with Crippen LogP contribution in [0.3, 0.4) is 0 Å². The predicted molar refractivity (Wildman–Crippen MR) is 119 cm³/mol. The number of carbonyl (C=O) groups is 1. The molecule has 1 fully saturated rings. The van der Waals surface area contributed by atoms with Gasteiger partial charge in [-0.05, 0) is 44.4 Å². The molecule has 2 aliphatic carbocycles. The summed E-state index contributed by atoms with van der Waals surface area (Å²) in [4.78, 5) is 15.2. The Morgan fingerprint density at radius 3 is 2.61 bits per heavy atom. The molecule has 1 amide bonds. The minimum absolute atomic E-state index is 0.0738. The molecular formula is C22H25F3N4O3S. The van der Waals surface area contributed by atoms with Crippen molar-refractivity contribution in [2.45, 2.75) is 62.4 Å². The Labute approximate surface area is 189 Å². The lowest BCUT2D eigenvalue weighted by Gasteiger charge is -2.30. The number of carbonyl (C=O) groups excluding carboxylic acids is 1. The van der Waals surface area contributed by atoms with E-state index in [9.17, 15) is 26.4 Å². The Kier molecular flexibility index (Phi) is 6.02. The number of amides is 1. The average molecular weight is 483 g/mol. The summed E-state index contributed by atoms with van der Waals surface area (Å²) in [6.07, 6.45) is 8.73. The van der Waals surface area contributed by atoms with Crippen LogP contribution in [-0.2, 0) is 14.8 Å². The second kappa shape index (κ2) is 8.51. The summed E-state index contributed by atoms with van der Waals surface area (Å²) in [5.41, 5.74) is 0.810. The molecule has 2 aromatic heterocycles. The minimum atomic E-state index is -5.04. The van der Waals surface area contributed by atoms with Crippen molar-refractivity contribution in [3.63, 3.8) is 0 Å². The van der Waals surface area contributed by atoms with Gasteiger partial charge in [-0.2, -0.15) is 13.2 Å². The number of nitrogens with zero attached hydrogens (tertiary/aromatic N) is 2. The highest BCUT2D eigenvalue weighted by Crippen LogP contribution is 2.33. The molecule has 4 rings (SSSR count). The van der Waals surface area contributed by atoms with Crippen molar-refractivity contribution < 1.29 is 26.4 Å². The number of alkyl halides is 3. The zero-order chi connectivity index (χ0) is 23.9. The van der Waals surface area contributed by atoms with E-state index in [4.69, 9.17) is 0 Å². The highest BCUT2D eigenvalue weighted by Gasteiger charge is 2.40. The summed E-state index contributed by atoms with van der Waals surface area (Å²) in [6.45, 7) is 1.62. The van der Waals surface area contributed by atoms with Gasteiger partial charge in [-0.25, -0.2) is 17.4 Å². The van der Waals surface area contributed by atoms with Crippen LogP contribution >= 0.6 is 0 Å². The predicted octanol–water partition coefficient (Wildman–Crippen LogP) is 4.24. The zero-order valence-electron chi connectivity index (χ0n) is 18.0. The van der Waals surface area contributed by atoms with Crippen LogP contribution in [0.1, 0.15) is 45.4 Å². The van der Waals surface area contributed by atoms with Crippen molar-refractivity contribution in [2.75, 3.05) is 5.32 Å². The maximum Gasteiger partial charge on any atom is 0.471 e. The van der Waals surface area contributed by atoms with Crippen LogP contribution in [0.4, 0.5) is 18.9 Å². The third kappa shape index (κ3) is 4.64. The third-order valence-electron chi connectivity index (χ3n) is 6.18. The molecule has 0 spiro atoms. The highest BCUT2D eigenvalue weighted by atomic mass is 32.2. The molecule has 2 heterocycles. The lowest BCUT2D eigenvalue weighted by Crippen LogP contribution is -2.39. The number of rotatable bonds is 5. The molecule has 0 radical (unpaired) electrons. The number of pyridine rings is 1. The first kappa shape index (κ1) is 23.3. The smallest absolute Gasteiger partial charge is 0.383 e. The van der Waals surface area contributed by atoms with Gasteiger partial charge in [0, 0.05) is 23.3 Å². The number of allylic oxidation sites excluding steroid dienone is 2.